The second kappa shape index (κ2) is 38.6. The van der Waals surface area contributed by atoms with E-state index >= 15 is 28.8 Å². The molecule has 6 aliphatic heterocycles. The number of hydrogen-bond acceptors (Lipinski definition) is 27. The van der Waals surface area contributed by atoms with Crippen LogP contribution in [0.5, 0.6) is 51.7 Å². The molecule has 15 bridgehead atoms. The van der Waals surface area contributed by atoms with Gasteiger partial charge < -0.3 is 128 Å². The molecule has 6 aromatic carbocycles. The topological polar surface area (TPSA) is 530 Å². The highest BCUT2D eigenvalue weighted by Gasteiger charge is 2.51. The molecule has 10 aliphatic rings. The van der Waals surface area contributed by atoms with Crippen molar-refractivity contribution in [3.05, 3.63) is 142 Å². The van der Waals surface area contributed by atoms with E-state index in [1.165, 1.54) is 56.4 Å². The van der Waals surface area contributed by atoms with Crippen molar-refractivity contribution >= 4 is 70.6 Å². The number of aliphatic hydroxyl groups excluding tert-OH is 5. The lowest BCUT2D eigenvalue weighted by Crippen LogP contribution is -2.60. The summed E-state index contributed by atoms with van der Waals surface area (Å²) >= 11 is 7.20. The Balaban J connectivity index is 0.950. The van der Waals surface area contributed by atoms with Gasteiger partial charge in [-0.15, -0.1) is 0 Å². The van der Waals surface area contributed by atoms with Crippen LogP contribution in [-0.2, 0) is 52.6 Å². The number of nitrogens with one attached hydrogen (secondary N) is 10. The minimum absolute atomic E-state index is 0.0471. The van der Waals surface area contributed by atoms with Crippen LogP contribution in [0.3, 0.4) is 0 Å². The fourth-order valence-electron chi connectivity index (χ4n) is 17.4. The van der Waals surface area contributed by atoms with Crippen LogP contribution < -0.4 is 77.8 Å². The van der Waals surface area contributed by atoms with E-state index in [9.17, 15) is 55.2 Å². The fourth-order valence-corrected chi connectivity index (χ4v) is 17.6. The Morgan fingerprint density at radius 1 is 0.631 bits per heavy atom. The number of aromatic hydroxyl groups is 3. The van der Waals surface area contributed by atoms with Gasteiger partial charge in [0, 0.05) is 69.3 Å². The van der Waals surface area contributed by atoms with Crippen LogP contribution in [-0.4, -0.2) is 227 Å². The van der Waals surface area contributed by atoms with Gasteiger partial charge in [0.1, 0.15) is 114 Å². The van der Waals surface area contributed by atoms with Crippen LogP contribution >= 0.6 is 11.6 Å². The lowest BCUT2D eigenvalue weighted by molar-refractivity contribution is -0.270. The molecule has 4 aliphatic carbocycles. The summed E-state index contributed by atoms with van der Waals surface area (Å²) in [6.45, 7) is 7.70. The maximum atomic E-state index is 16.5. The Kier molecular flexibility index (Phi) is 28.1. The van der Waals surface area contributed by atoms with Crippen LogP contribution in [0, 0.1) is 36.5 Å². The van der Waals surface area contributed by atoms with E-state index in [4.69, 9.17) is 50.5 Å². The lowest BCUT2D eigenvalue weighted by atomic mass is 9.54. The first-order valence-corrected chi connectivity index (χ1v) is 40.8. The van der Waals surface area contributed by atoms with Gasteiger partial charge in [-0.1, -0.05) is 43.6 Å². The number of phenols is 3. The smallest absolute Gasteiger partial charge is 0.325 e. The number of benzene rings is 6. The van der Waals surface area contributed by atoms with E-state index in [1.54, 1.807) is 26.4 Å². The number of fused-ring (bicyclic) bond motifs is 15. The normalized spacial score (nSPS) is 27.0. The third kappa shape index (κ3) is 20.0. The van der Waals surface area contributed by atoms with Gasteiger partial charge in [0.2, 0.25) is 59.3 Å². The third-order valence-electron chi connectivity index (χ3n) is 23.5. The summed E-state index contributed by atoms with van der Waals surface area (Å²) < 4.78 is 42.4. The molecule has 0 spiro atoms. The number of anilines is 1. The van der Waals surface area contributed by atoms with E-state index in [0.29, 0.717) is 50.4 Å². The molecular weight excluding hydrogens is 1610 g/mol. The molecule has 16 rings (SSSR count). The number of phenolic OH excluding ortho intramolecular Hbond substituents is 3. The Morgan fingerprint density at radius 2 is 1.25 bits per heavy atom. The van der Waals surface area contributed by atoms with Crippen LogP contribution in [0.15, 0.2) is 103 Å². The maximum absolute atomic E-state index is 16.5. The van der Waals surface area contributed by atoms with Crippen molar-refractivity contribution in [2.24, 2.45) is 35.3 Å². The number of methoxy groups -OCH3 is 2. The molecule has 122 heavy (non-hydrogen) atoms. The van der Waals surface area contributed by atoms with Gasteiger partial charge in [0.25, 0.3) is 0 Å². The molecule has 4 saturated carbocycles. The first-order valence-electron chi connectivity index (χ1n) is 40.5. The summed E-state index contributed by atoms with van der Waals surface area (Å²) in [4.78, 5) is 140. The van der Waals surface area contributed by atoms with E-state index in [2.05, 4.69) is 58.1 Å². The summed E-state index contributed by atoms with van der Waals surface area (Å²) in [5, 5.41) is 121. The van der Waals surface area contributed by atoms with Crippen molar-refractivity contribution in [3.63, 3.8) is 0 Å². The summed E-state index contributed by atoms with van der Waals surface area (Å²) in [5.74, 6) is -12.4. The zero-order chi connectivity index (χ0) is 87.2. The number of rotatable bonds is 23. The van der Waals surface area contributed by atoms with Crippen LogP contribution in [0.25, 0.3) is 11.1 Å². The number of halogens is 1. The highest BCUT2D eigenvalue weighted by Crippen LogP contribution is 2.55. The second-order valence-electron chi connectivity index (χ2n) is 32.4. The zero-order valence-corrected chi connectivity index (χ0v) is 68.5. The zero-order valence-electron chi connectivity index (χ0n) is 67.8. The van der Waals surface area contributed by atoms with E-state index < -0.39 is 192 Å². The average molecular weight is 1710 g/mol. The molecule has 5 fully saturated rings. The van der Waals surface area contributed by atoms with Crippen molar-refractivity contribution in [2.45, 2.75) is 157 Å². The summed E-state index contributed by atoms with van der Waals surface area (Å²) in [6, 6.07) is 5.74. The molecule has 0 radical (unpaired) electrons. The number of nitrogens with two attached hydrogens (primary N) is 1. The Labute approximate surface area is 706 Å². The number of carbonyl (C=O) groups excluding carboxylic acids is 9. The van der Waals surface area contributed by atoms with E-state index in [0.717, 1.165) is 80.6 Å². The standard InChI is InChI=1S/C85H103ClN12O24/c1-38(2)23-54(88-4)77(108)96-69-71(103)43-8-15-58(39(3)24-43)119-60-32-47-33-61(76(60)122-84-75(107)74(106)73(105)62(37-87)121-84)120-59-16-9-44(31-53(59)86)72(104)70-83(114)95-68(81(112)92-65-45-26-40-25-41(28-45)29-46(65)27-40)52-34-49(99)35-57(101)64(52)51-30-42(7-14-56(51)100)66(79(110)97-70)94-80(111)67(47)93-78(109)55(90-82(69)113)36-63(102)91-85(115)89-48-10-12-50(13-11-48)118-22-19-98(17-20-116-5)18-21-117-6/h7-16,24,30-35,38,40-41,45-46,54-55,62,65-75,84,88,99-101,103-107H,17-23,25-29,36-37,87H2,1-6H3,(H,90,113)(H,92,112)(H,93,109)(H,94,111)(H,95,114)(H,96,108)(H,97,110)(H2,89,91,102,115)/t40?,41?,45?,46?,54-,55+,62-,65?,66-,67?,68+,69-,70+,71-,72-,73-,74+,75-,84+/m1/s1. The number of likely N-dealkylation sites (N-methyl/N-ethyl adjacent to an activating group) is 1. The van der Waals surface area contributed by atoms with Gasteiger partial charge in [0.05, 0.1) is 30.7 Å². The molecule has 20 N–H and O–H groups in total. The quantitative estimate of drug-likeness (QED) is 0.0438. The van der Waals surface area contributed by atoms with Gasteiger partial charge in [-0.25, -0.2) is 4.79 Å². The highest BCUT2D eigenvalue weighted by atomic mass is 35.5. The van der Waals surface area contributed by atoms with Gasteiger partial charge in [-0.2, -0.15) is 0 Å². The van der Waals surface area contributed by atoms with Gasteiger partial charge in [0.15, 0.2) is 11.5 Å². The van der Waals surface area contributed by atoms with Gasteiger partial charge in [-0.3, -0.25) is 48.6 Å². The highest BCUT2D eigenvalue weighted by molar-refractivity contribution is 6.32. The molecule has 36 nitrogen and oxygen atoms in total. The predicted molar refractivity (Wildman–Crippen MR) is 436 cm³/mol. The fraction of sp³-hybridized carbons (Fsp3) is 0.471. The largest absolute Gasteiger partial charge is 0.508 e. The Hall–Kier alpha value is -11.0. The van der Waals surface area contributed by atoms with Crippen molar-refractivity contribution < 1.29 is 117 Å². The van der Waals surface area contributed by atoms with Gasteiger partial charge in [-0.05, 0) is 194 Å². The van der Waals surface area contributed by atoms with Crippen LogP contribution in [0.4, 0.5) is 10.5 Å². The Bertz CT molecular complexity index is 4870. The molecule has 0 aromatic heterocycles. The molecule has 6 heterocycles. The second-order valence-corrected chi connectivity index (χ2v) is 32.8. The third-order valence-corrected chi connectivity index (χ3v) is 23.8. The number of hydrogen-bond donors (Lipinski definition) is 19. The van der Waals surface area contributed by atoms with Crippen LogP contribution in [0.2, 0.25) is 5.02 Å². The minimum atomic E-state index is -2.35. The maximum Gasteiger partial charge on any atom is 0.325 e. The van der Waals surface area contributed by atoms with E-state index in [1.807, 2.05) is 13.8 Å². The number of carbonyl (C=O) groups is 9. The summed E-state index contributed by atoms with van der Waals surface area (Å²) in [7, 11) is 4.68. The van der Waals surface area contributed by atoms with Gasteiger partial charge >= 0.3 is 6.03 Å². The number of imide groups is 1. The molecule has 1 unspecified atom stereocenters. The number of amides is 10. The van der Waals surface area contributed by atoms with Crippen molar-refractivity contribution in [3.8, 4) is 62.9 Å². The molecule has 1 saturated heterocycles. The predicted octanol–water partition coefficient (Wildman–Crippen LogP) is 3.18. The van der Waals surface area contributed by atoms with E-state index in [-0.39, 0.29) is 98.0 Å². The molecule has 10 amide bonds. The number of urea groups is 1. The van der Waals surface area contributed by atoms with Crippen molar-refractivity contribution in [2.75, 3.05) is 72.6 Å². The van der Waals surface area contributed by atoms with Crippen molar-refractivity contribution in [1.82, 2.24) is 52.8 Å². The molecular formula is C85H103ClN12O24. The molecule has 14 atom stereocenters. The first kappa shape index (κ1) is 88.8. The van der Waals surface area contributed by atoms with Crippen molar-refractivity contribution in [1.29, 1.82) is 0 Å². The molecule has 6 aromatic rings. The summed E-state index contributed by atoms with van der Waals surface area (Å²) in [5.41, 5.74) is 4.39. The monoisotopic (exact) mass is 1710 g/mol. The Morgan fingerprint density at radius 3 is 1.89 bits per heavy atom. The SMILES string of the molecule is CN[C@H](CC(C)C)C(=O)N[C@H]1C(=O)N[C@@H](CC(=O)NC(=O)Nc2ccc(OCCN(CCOC)CCOC)cc2)C(=O)NC2C(=O)N[C@H]3C(=O)N[C@H](C(=O)N[C@H](C(=O)NC4C5CC6CC(C5)CC4C6)c4cc(O)cc(O)c4-c4cc3ccc4O)[C@H](O)c3ccc(c(Cl)c3)Oc3cc2cc(c3O[C@@H]2O[C@H](CN)[C@@H](O)[C@H](O)[C@H]2O)Oc2ccc(cc2C)[C@H]1O. The number of nitrogens with zero attached hydrogens (tertiary/aromatic N) is 1. The average Bonchev–Trinajstić information content (AvgIpc) is 0.764. The van der Waals surface area contributed by atoms with Crippen LogP contribution in [0.1, 0.15) is 123 Å². The lowest BCUT2D eigenvalue weighted by Gasteiger charge is -2.54. The molecule has 654 valence electrons. The summed E-state index contributed by atoms with van der Waals surface area (Å²) in [6.07, 6.45) is -10.0. The molecule has 37 heteroatoms. The number of ether oxygens (including phenoxy) is 7. The minimum Gasteiger partial charge on any atom is -0.508 e. The first-order chi connectivity index (χ1) is 58.4. The number of aryl methyl sites for hydroxylation is 1. The number of aliphatic hydroxyl groups is 5.